The minimum absolute atomic E-state index is 0.0918. The van der Waals surface area contributed by atoms with Crippen LogP contribution in [0, 0.1) is 18.8 Å². The Kier molecular flexibility index (Phi) is 5.22. The number of hydrogen-bond donors (Lipinski definition) is 0. The highest BCUT2D eigenvalue weighted by Crippen LogP contribution is 2.24. The van der Waals surface area contributed by atoms with Gasteiger partial charge in [-0.05, 0) is 45.2 Å². The number of hydrogen-bond acceptors (Lipinski definition) is 2. The highest BCUT2D eigenvalue weighted by atomic mass is 32.2. The fraction of sp³-hybridized carbons (Fsp3) is 0.412. The maximum atomic E-state index is 12.9. The molecule has 0 spiro atoms. The van der Waals surface area contributed by atoms with Gasteiger partial charge in [-0.15, -0.1) is 5.92 Å². The van der Waals surface area contributed by atoms with E-state index in [1.54, 1.807) is 19.1 Å². The van der Waals surface area contributed by atoms with E-state index >= 15 is 0 Å². The molecule has 0 amide bonds. The lowest BCUT2D eigenvalue weighted by atomic mass is 10.0. The van der Waals surface area contributed by atoms with Gasteiger partial charge < -0.3 is 0 Å². The number of benzene rings is 1. The topological polar surface area (TPSA) is 37.4 Å². The van der Waals surface area contributed by atoms with Crippen molar-refractivity contribution in [1.29, 1.82) is 0 Å². The minimum Gasteiger partial charge on any atom is -0.207 e. The first-order valence-electron chi connectivity index (χ1n) is 7.20. The van der Waals surface area contributed by atoms with Crippen molar-refractivity contribution in [1.82, 2.24) is 4.31 Å². The predicted molar refractivity (Wildman–Crippen MR) is 85.3 cm³/mol. The Morgan fingerprint density at radius 3 is 2.57 bits per heavy atom. The van der Waals surface area contributed by atoms with Crippen molar-refractivity contribution in [2.24, 2.45) is 0 Å². The summed E-state index contributed by atoms with van der Waals surface area (Å²) in [5, 5.41) is 0. The van der Waals surface area contributed by atoms with Gasteiger partial charge in [0, 0.05) is 6.04 Å². The van der Waals surface area contributed by atoms with Gasteiger partial charge in [-0.25, -0.2) is 8.42 Å². The molecule has 1 aromatic carbocycles. The van der Waals surface area contributed by atoms with Gasteiger partial charge in [0.15, 0.2) is 0 Å². The van der Waals surface area contributed by atoms with E-state index in [0.29, 0.717) is 4.90 Å². The SMILES string of the molecule is CC#CCN(C1C=CCCC1)S(=O)(=O)c1ccc(C)cc1. The van der Waals surface area contributed by atoms with Crippen molar-refractivity contribution in [3.05, 3.63) is 42.0 Å². The first-order valence-corrected chi connectivity index (χ1v) is 8.64. The van der Waals surface area contributed by atoms with E-state index in [2.05, 4.69) is 17.9 Å². The molecule has 1 unspecified atom stereocenters. The average molecular weight is 303 g/mol. The highest BCUT2D eigenvalue weighted by Gasteiger charge is 2.30. The van der Waals surface area contributed by atoms with Gasteiger partial charge in [0.1, 0.15) is 0 Å². The van der Waals surface area contributed by atoms with E-state index in [0.717, 1.165) is 24.8 Å². The molecule has 0 bridgehead atoms. The van der Waals surface area contributed by atoms with Crippen LogP contribution in [0.2, 0.25) is 0 Å². The Hall–Kier alpha value is -1.57. The molecule has 1 aliphatic rings. The molecule has 0 N–H and O–H groups in total. The first-order chi connectivity index (χ1) is 10.1. The molecule has 2 rings (SSSR count). The molecular weight excluding hydrogens is 282 g/mol. The minimum atomic E-state index is -3.51. The summed E-state index contributed by atoms with van der Waals surface area (Å²) in [4.78, 5) is 0.338. The smallest absolute Gasteiger partial charge is 0.207 e. The van der Waals surface area contributed by atoms with Gasteiger partial charge in [-0.3, -0.25) is 0 Å². The third-order valence-corrected chi connectivity index (χ3v) is 5.52. The second-order valence-corrected chi connectivity index (χ2v) is 7.11. The van der Waals surface area contributed by atoms with E-state index in [9.17, 15) is 8.42 Å². The lowest BCUT2D eigenvalue weighted by Crippen LogP contribution is -2.40. The summed E-state index contributed by atoms with van der Waals surface area (Å²) in [5.41, 5.74) is 1.05. The zero-order valence-corrected chi connectivity index (χ0v) is 13.4. The van der Waals surface area contributed by atoms with Crippen molar-refractivity contribution < 1.29 is 8.42 Å². The summed E-state index contributed by atoms with van der Waals surface area (Å²) in [6.07, 6.45) is 6.94. The van der Waals surface area contributed by atoms with Gasteiger partial charge in [-0.1, -0.05) is 35.8 Å². The molecule has 0 aliphatic heterocycles. The Labute approximate surface area is 127 Å². The van der Waals surface area contributed by atoms with Crippen molar-refractivity contribution in [2.75, 3.05) is 6.54 Å². The maximum absolute atomic E-state index is 12.9. The second kappa shape index (κ2) is 6.93. The average Bonchev–Trinajstić information content (AvgIpc) is 2.49. The van der Waals surface area contributed by atoms with Gasteiger partial charge in [0.05, 0.1) is 11.4 Å². The Morgan fingerprint density at radius 1 is 1.29 bits per heavy atom. The zero-order valence-electron chi connectivity index (χ0n) is 12.5. The van der Waals surface area contributed by atoms with Crippen LogP contribution < -0.4 is 0 Å². The molecule has 0 radical (unpaired) electrons. The highest BCUT2D eigenvalue weighted by molar-refractivity contribution is 7.89. The van der Waals surface area contributed by atoms with E-state index < -0.39 is 10.0 Å². The van der Waals surface area contributed by atoms with E-state index in [1.165, 1.54) is 4.31 Å². The van der Waals surface area contributed by atoms with Crippen LogP contribution in [0.1, 0.15) is 31.7 Å². The monoisotopic (exact) mass is 303 g/mol. The van der Waals surface area contributed by atoms with Crippen LogP contribution in [0.4, 0.5) is 0 Å². The molecule has 21 heavy (non-hydrogen) atoms. The van der Waals surface area contributed by atoms with Crippen molar-refractivity contribution in [2.45, 2.75) is 44.0 Å². The number of rotatable bonds is 4. The normalized spacial score (nSPS) is 18.3. The first kappa shape index (κ1) is 15.8. The lowest BCUT2D eigenvalue weighted by molar-refractivity contribution is 0.365. The van der Waals surface area contributed by atoms with E-state index in [4.69, 9.17) is 0 Å². The van der Waals surface area contributed by atoms with Crippen LogP contribution in [0.5, 0.6) is 0 Å². The fourth-order valence-corrected chi connectivity index (χ4v) is 3.93. The number of sulfonamides is 1. The van der Waals surface area contributed by atoms with Crippen molar-refractivity contribution in [3.8, 4) is 11.8 Å². The molecule has 1 aliphatic carbocycles. The van der Waals surface area contributed by atoms with Crippen LogP contribution in [0.15, 0.2) is 41.3 Å². The molecule has 3 nitrogen and oxygen atoms in total. The van der Waals surface area contributed by atoms with Crippen LogP contribution in [0.3, 0.4) is 0 Å². The molecule has 1 aromatic rings. The van der Waals surface area contributed by atoms with Gasteiger partial charge in [-0.2, -0.15) is 4.31 Å². The van der Waals surface area contributed by atoms with Crippen molar-refractivity contribution >= 4 is 10.0 Å². The lowest BCUT2D eigenvalue weighted by Gasteiger charge is -2.29. The largest absolute Gasteiger partial charge is 0.244 e. The van der Waals surface area contributed by atoms with Gasteiger partial charge in [0.2, 0.25) is 10.0 Å². The van der Waals surface area contributed by atoms with Crippen LogP contribution in [-0.4, -0.2) is 25.3 Å². The second-order valence-electron chi connectivity index (χ2n) is 5.22. The predicted octanol–water partition coefficient (Wildman–Crippen LogP) is 3.12. The standard InChI is InChI=1S/C17H21NO2S/c1-3-4-14-18(16-8-6-5-7-9-16)21(19,20)17-12-10-15(2)11-13-17/h6,8,10-13,16H,5,7,9,14H2,1-2H3. The summed E-state index contributed by atoms with van der Waals surface area (Å²) in [5.74, 6) is 5.69. The van der Waals surface area contributed by atoms with Crippen LogP contribution in [-0.2, 0) is 10.0 Å². The Balaban J connectivity index is 2.37. The van der Waals surface area contributed by atoms with E-state index in [-0.39, 0.29) is 12.6 Å². The van der Waals surface area contributed by atoms with E-state index in [1.807, 2.05) is 25.1 Å². The van der Waals surface area contributed by atoms with Crippen molar-refractivity contribution in [3.63, 3.8) is 0 Å². The number of allylic oxidation sites excluding steroid dienone is 1. The molecule has 0 saturated heterocycles. The number of nitrogens with zero attached hydrogens (tertiary/aromatic N) is 1. The molecule has 112 valence electrons. The molecule has 1 atom stereocenters. The molecule has 0 heterocycles. The molecule has 0 aromatic heterocycles. The summed E-state index contributed by atoms with van der Waals surface area (Å²) < 4.78 is 27.3. The molecular formula is C17H21NO2S. The summed E-state index contributed by atoms with van der Waals surface area (Å²) >= 11 is 0. The third-order valence-electron chi connectivity index (χ3n) is 3.64. The zero-order chi connectivity index (χ0) is 15.3. The molecule has 0 saturated carbocycles. The van der Waals surface area contributed by atoms with Crippen LogP contribution >= 0.6 is 0 Å². The molecule has 4 heteroatoms. The summed E-state index contributed by atoms with van der Waals surface area (Å²) in [7, 11) is -3.51. The maximum Gasteiger partial charge on any atom is 0.244 e. The quantitative estimate of drug-likeness (QED) is 0.633. The van der Waals surface area contributed by atoms with Gasteiger partial charge in [0.25, 0.3) is 0 Å². The Bertz CT molecular complexity index is 663. The van der Waals surface area contributed by atoms with Crippen LogP contribution in [0.25, 0.3) is 0 Å². The number of aryl methyl sites for hydroxylation is 1. The Morgan fingerprint density at radius 2 is 2.00 bits per heavy atom. The van der Waals surface area contributed by atoms with Gasteiger partial charge >= 0.3 is 0 Å². The molecule has 0 fully saturated rings. The fourth-order valence-electron chi connectivity index (χ4n) is 2.42. The summed E-state index contributed by atoms with van der Waals surface area (Å²) in [6.45, 7) is 3.91. The summed E-state index contributed by atoms with van der Waals surface area (Å²) in [6, 6.07) is 6.90. The third kappa shape index (κ3) is 3.75.